The molecule has 4 atom stereocenters. The molecular formula is C13H11ClO4. The molecule has 94 valence electrons. The van der Waals surface area contributed by atoms with E-state index in [1.165, 1.54) is 12.2 Å². The lowest BCUT2D eigenvalue weighted by Gasteiger charge is -2.23. The highest BCUT2D eigenvalue weighted by Crippen LogP contribution is 2.46. The number of carbonyl (C=O) groups is 1. The van der Waals surface area contributed by atoms with Gasteiger partial charge in [0.25, 0.3) is 5.79 Å². The quantitative estimate of drug-likeness (QED) is 0.619. The van der Waals surface area contributed by atoms with Crippen LogP contribution in [0.1, 0.15) is 11.7 Å². The van der Waals surface area contributed by atoms with Crippen molar-refractivity contribution in [3.05, 3.63) is 48.0 Å². The maximum Gasteiger partial charge on any atom is 0.333 e. The third-order valence-electron chi connectivity index (χ3n) is 3.15. The van der Waals surface area contributed by atoms with Crippen molar-refractivity contribution in [2.45, 2.75) is 23.4 Å². The van der Waals surface area contributed by atoms with Gasteiger partial charge in [0.2, 0.25) is 0 Å². The van der Waals surface area contributed by atoms with Crippen LogP contribution in [0.3, 0.4) is 0 Å². The van der Waals surface area contributed by atoms with Crippen molar-refractivity contribution >= 4 is 17.6 Å². The van der Waals surface area contributed by atoms with Gasteiger partial charge in [-0.3, -0.25) is 0 Å². The van der Waals surface area contributed by atoms with Crippen LogP contribution in [0.15, 0.2) is 42.5 Å². The van der Waals surface area contributed by atoms with E-state index < -0.39 is 29.3 Å². The molecular weight excluding hydrogens is 256 g/mol. The van der Waals surface area contributed by atoms with Gasteiger partial charge >= 0.3 is 5.97 Å². The lowest BCUT2D eigenvalue weighted by molar-refractivity contribution is -0.192. The zero-order valence-electron chi connectivity index (χ0n) is 9.32. The third-order valence-corrected chi connectivity index (χ3v) is 3.71. The van der Waals surface area contributed by atoms with E-state index in [2.05, 4.69) is 0 Å². The van der Waals surface area contributed by atoms with Crippen LogP contribution in [-0.4, -0.2) is 28.3 Å². The number of aliphatic hydroxyl groups is 1. The van der Waals surface area contributed by atoms with E-state index in [0.717, 1.165) is 5.56 Å². The second-order valence-electron chi connectivity index (χ2n) is 4.32. The van der Waals surface area contributed by atoms with Crippen LogP contribution in [0.5, 0.6) is 0 Å². The van der Waals surface area contributed by atoms with Gasteiger partial charge in [-0.05, 0) is 11.6 Å². The van der Waals surface area contributed by atoms with E-state index in [4.69, 9.17) is 21.1 Å². The summed E-state index contributed by atoms with van der Waals surface area (Å²) >= 11 is 6.13. The zero-order valence-corrected chi connectivity index (χ0v) is 10.1. The minimum atomic E-state index is -1.35. The molecule has 4 nitrogen and oxygen atoms in total. The smallest absolute Gasteiger partial charge is 0.333 e. The Morgan fingerprint density at radius 3 is 2.61 bits per heavy atom. The monoisotopic (exact) mass is 266 g/mol. The molecule has 1 spiro atoms. The lowest BCUT2D eigenvalue weighted by Crippen LogP contribution is -2.38. The number of alkyl halides is 1. The highest BCUT2D eigenvalue weighted by molar-refractivity contribution is 6.22. The molecule has 1 aromatic rings. The minimum absolute atomic E-state index is 0.512. The number of benzene rings is 1. The molecule has 1 N–H and O–H groups in total. The first-order valence-corrected chi connectivity index (χ1v) is 6.03. The maximum atomic E-state index is 11.2. The molecule has 1 saturated heterocycles. The van der Waals surface area contributed by atoms with Gasteiger partial charge in [-0.25, -0.2) is 4.79 Å². The van der Waals surface area contributed by atoms with Gasteiger partial charge in [0.1, 0.15) is 17.6 Å². The Hall–Kier alpha value is -1.36. The number of rotatable bonds is 1. The van der Waals surface area contributed by atoms with Crippen LogP contribution in [0.25, 0.3) is 0 Å². The average molecular weight is 267 g/mol. The molecule has 5 heteroatoms. The normalized spacial score (nSPS) is 38.3. The number of aliphatic hydroxyl groups excluding tert-OH is 1. The summed E-state index contributed by atoms with van der Waals surface area (Å²) in [6.45, 7) is 0. The van der Waals surface area contributed by atoms with Gasteiger partial charge in [0, 0.05) is 6.08 Å². The van der Waals surface area contributed by atoms with Gasteiger partial charge in [-0.15, -0.1) is 11.6 Å². The molecule has 1 fully saturated rings. The Bertz CT molecular complexity index is 501. The zero-order chi connectivity index (χ0) is 12.8. The van der Waals surface area contributed by atoms with Crippen LogP contribution < -0.4 is 0 Å². The van der Waals surface area contributed by atoms with Crippen molar-refractivity contribution in [1.82, 2.24) is 0 Å². The van der Waals surface area contributed by atoms with Crippen LogP contribution >= 0.6 is 11.6 Å². The summed E-state index contributed by atoms with van der Waals surface area (Å²) in [6, 6.07) is 9.22. The van der Waals surface area contributed by atoms with Gasteiger partial charge in [-0.2, -0.15) is 0 Å². The van der Waals surface area contributed by atoms with Crippen molar-refractivity contribution in [1.29, 1.82) is 0 Å². The topological polar surface area (TPSA) is 55.8 Å². The SMILES string of the molecule is O=C1C=C[C@@]2(O1)O[C@H](c1ccccc1)[C@@H](O)[C@H]2Cl. The largest absolute Gasteiger partial charge is 0.424 e. The number of hydrogen-bond donors (Lipinski definition) is 1. The van der Waals surface area contributed by atoms with Crippen molar-refractivity contribution in [2.24, 2.45) is 0 Å². The van der Waals surface area contributed by atoms with Crippen molar-refractivity contribution in [3.63, 3.8) is 0 Å². The van der Waals surface area contributed by atoms with E-state index in [9.17, 15) is 9.90 Å². The fraction of sp³-hybridized carbons (Fsp3) is 0.308. The molecule has 0 bridgehead atoms. The molecule has 0 aliphatic carbocycles. The van der Waals surface area contributed by atoms with Crippen LogP contribution in [0.2, 0.25) is 0 Å². The molecule has 1 aromatic carbocycles. The molecule has 0 unspecified atom stereocenters. The number of esters is 1. The van der Waals surface area contributed by atoms with Gasteiger partial charge < -0.3 is 14.6 Å². The summed E-state index contributed by atoms with van der Waals surface area (Å²) < 4.78 is 10.8. The predicted molar refractivity (Wildman–Crippen MR) is 63.9 cm³/mol. The lowest BCUT2D eigenvalue weighted by atomic mass is 10.0. The summed E-state index contributed by atoms with van der Waals surface area (Å²) in [5.74, 6) is -1.86. The molecule has 0 saturated carbocycles. The summed E-state index contributed by atoms with van der Waals surface area (Å²) in [4.78, 5) is 11.2. The number of ether oxygens (including phenoxy) is 2. The van der Waals surface area contributed by atoms with Crippen LogP contribution in [-0.2, 0) is 14.3 Å². The Kier molecular flexibility index (Phi) is 2.66. The van der Waals surface area contributed by atoms with Crippen molar-refractivity contribution < 1.29 is 19.4 Å². The fourth-order valence-electron chi connectivity index (χ4n) is 2.25. The summed E-state index contributed by atoms with van der Waals surface area (Å²) in [6.07, 6.45) is 1.17. The molecule has 2 heterocycles. The van der Waals surface area contributed by atoms with E-state index in [1.807, 2.05) is 30.3 Å². The first kappa shape index (κ1) is 11.7. The van der Waals surface area contributed by atoms with Crippen molar-refractivity contribution in [2.75, 3.05) is 0 Å². The first-order chi connectivity index (χ1) is 8.62. The van der Waals surface area contributed by atoms with Gasteiger partial charge in [-0.1, -0.05) is 30.3 Å². The minimum Gasteiger partial charge on any atom is -0.424 e. The maximum absolute atomic E-state index is 11.2. The first-order valence-electron chi connectivity index (χ1n) is 5.59. The second-order valence-corrected chi connectivity index (χ2v) is 4.79. The van der Waals surface area contributed by atoms with Crippen molar-refractivity contribution in [3.8, 4) is 0 Å². The average Bonchev–Trinajstić information content (AvgIpc) is 2.88. The van der Waals surface area contributed by atoms with E-state index >= 15 is 0 Å². The molecule has 0 radical (unpaired) electrons. The Labute approximate surface area is 109 Å². The Balaban J connectivity index is 1.93. The molecule has 18 heavy (non-hydrogen) atoms. The molecule has 0 aromatic heterocycles. The molecule has 3 rings (SSSR count). The summed E-state index contributed by atoms with van der Waals surface area (Å²) in [5, 5.41) is 9.31. The number of carbonyl (C=O) groups excluding carboxylic acids is 1. The van der Waals surface area contributed by atoms with Crippen LogP contribution in [0, 0.1) is 0 Å². The van der Waals surface area contributed by atoms with Gasteiger partial charge in [0.15, 0.2) is 0 Å². The second kappa shape index (κ2) is 4.09. The Morgan fingerprint density at radius 1 is 1.28 bits per heavy atom. The number of halogens is 1. The van der Waals surface area contributed by atoms with E-state index in [0.29, 0.717) is 0 Å². The molecule has 2 aliphatic heterocycles. The fourth-order valence-corrected chi connectivity index (χ4v) is 2.55. The summed E-state index contributed by atoms with van der Waals surface area (Å²) in [5.41, 5.74) is 0.795. The van der Waals surface area contributed by atoms with E-state index in [-0.39, 0.29) is 0 Å². The predicted octanol–water partition coefficient (Wildman–Crippen LogP) is 1.54. The summed E-state index contributed by atoms with van der Waals surface area (Å²) in [7, 11) is 0. The molecule has 0 amide bonds. The standard InChI is InChI=1S/C13H11ClO4/c14-12-10(16)11(8-4-2-1-3-5-8)18-13(12)7-6-9(15)17-13/h1-7,10-12,16H/t10-,11-,12-,13-/m1/s1. The third kappa shape index (κ3) is 1.65. The van der Waals surface area contributed by atoms with Gasteiger partial charge in [0.05, 0.1) is 0 Å². The number of hydrogen-bond acceptors (Lipinski definition) is 4. The highest BCUT2D eigenvalue weighted by atomic mass is 35.5. The van der Waals surface area contributed by atoms with E-state index in [1.54, 1.807) is 0 Å². The molecule has 2 aliphatic rings. The Morgan fingerprint density at radius 2 is 2.00 bits per heavy atom. The van der Waals surface area contributed by atoms with Crippen LogP contribution in [0.4, 0.5) is 0 Å². The highest BCUT2D eigenvalue weighted by Gasteiger charge is 2.57.